The van der Waals surface area contributed by atoms with E-state index in [4.69, 9.17) is 4.74 Å². The standard InChI is InChI=1S/C12H18INO2/c1-4-10(13)6-11(5-2)14-7-9(8-14)12(15)16-3/h4-6,9,12,15H,2,7-8H2,1,3H3/b10-4+,11-6+/t12-/m1/s1. The van der Waals surface area contributed by atoms with Crippen molar-refractivity contribution in [3.63, 3.8) is 0 Å². The summed E-state index contributed by atoms with van der Waals surface area (Å²) in [5.41, 5.74) is 1.10. The van der Waals surface area contributed by atoms with Crippen LogP contribution in [0.15, 0.2) is 34.1 Å². The van der Waals surface area contributed by atoms with Crippen molar-refractivity contribution in [1.29, 1.82) is 0 Å². The Morgan fingerprint density at radius 3 is 2.69 bits per heavy atom. The molecule has 0 aliphatic carbocycles. The maximum atomic E-state index is 9.47. The first kappa shape index (κ1) is 13.7. The molecule has 1 heterocycles. The number of hydrogen-bond acceptors (Lipinski definition) is 3. The number of ether oxygens (including phenoxy) is 1. The normalized spacial score (nSPS) is 20.6. The average molecular weight is 335 g/mol. The number of aliphatic hydroxyl groups is 1. The van der Waals surface area contributed by atoms with Crippen molar-refractivity contribution < 1.29 is 9.84 Å². The van der Waals surface area contributed by atoms with Gasteiger partial charge in [-0.05, 0) is 41.7 Å². The zero-order chi connectivity index (χ0) is 12.1. The lowest BCUT2D eigenvalue weighted by molar-refractivity contribution is -0.144. The molecule has 0 aromatic rings. The van der Waals surface area contributed by atoms with Crippen molar-refractivity contribution >= 4 is 22.6 Å². The Bertz CT molecular complexity index is 306. The highest BCUT2D eigenvalue weighted by atomic mass is 127. The summed E-state index contributed by atoms with van der Waals surface area (Å²) in [5.74, 6) is 0.205. The topological polar surface area (TPSA) is 32.7 Å². The van der Waals surface area contributed by atoms with Gasteiger partial charge < -0.3 is 14.7 Å². The summed E-state index contributed by atoms with van der Waals surface area (Å²) < 4.78 is 6.07. The molecule has 1 N–H and O–H groups in total. The Kier molecular flexibility index (Phi) is 5.51. The molecule has 3 nitrogen and oxygen atoms in total. The Morgan fingerprint density at radius 1 is 1.62 bits per heavy atom. The minimum absolute atomic E-state index is 0.205. The molecule has 16 heavy (non-hydrogen) atoms. The molecule has 0 spiro atoms. The number of hydrogen-bond donors (Lipinski definition) is 1. The van der Waals surface area contributed by atoms with Gasteiger partial charge in [-0.3, -0.25) is 0 Å². The first-order valence-corrected chi connectivity index (χ1v) is 6.32. The van der Waals surface area contributed by atoms with E-state index in [0.29, 0.717) is 0 Å². The van der Waals surface area contributed by atoms with E-state index in [2.05, 4.69) is 40.1 Å². The maximum absolute atomic E-state index is 9.47. The van der Waals surface area contributed by atoms with Gasteiger partial charge in [-0.25, -0.2) is 0 Å². The van der Waals surface area contributed by atoms with Gasteiger partial charge in [-0.2, -0.15) is 0 Å². The highest BCUT2D eigenvalue weighted by Gasteiger charge is 2.32. The number of aliphatic hydroxyl groups excluding tert-OH is 1. The molecular formula is C12H18INO2. The third-order valence-corrected chi connectivity index (χ3v) is 3.62. The summed E-state index contributed by atoms with van der Waals surface area (Å²) in [4.78, 5) is 2.18. The highest BCUT2D eigenvalue weighted by Crippen LogP contribution is 2.26. The monoisotopic (exact) mass is 335 g/mol. The summed E-state index contributed by atoms with van der Waals surface area (Å²) >= 11 is 2.28. The minimum atomic E-state index is -0.650. The maximum Gasteiger partial charge on any atom is 0.160 e. The lowest BCUT2D eigenvalue weighted by Crippen LogP contribution is -2.51. The lowest BCUT2D eigenvalue weighted by Gasteiger charge is -2.43. The van der Waals surface area contributed by atoms with E-state index in [1.807, 2.05) is 19.1 Å². The van der Waals surface area contributed by atoms with E-state index in [1.54, 1.807) is 0 Å². The van der Waals surface area contributed by atoms with Crippen LogP contribution < -0.4 is 0 Å². The first-order chi connectivity index (χ1) is 7.62. The smallest absolute Gasteiger partial charge is 0.160 e. The number of allylic oxidation sites excluding steroid dienone is 4. The molecule has 1 saturated heterocycles. The van der Waals surface area contributed by atoms with Gasteiger partial charge in [-0.1, -0.05) is 12.7 Å². The van der Waals surface area contributed by atoms with Crippen LogP contribution in [0.5, 0.6) is 0 Å². The molecular weight excluding hydrogens is 317 g/mol. The van der Waals surface area contributed by atoms with Crippen molar-refractivity contribution in [2.45, 2.75) is 13.2 Å². The van der Waals surface area contributed by atoms with Crippen LogP contribution in [0, 0.1) is 5.92 Å². The van der Waals surface area contributed by atoms with Crippen molar-refractivity contribution in [1.82, 2.24) is 4.90 Å². The molecule has 90 valence electrons. The fourth-order valence-electron chi connectivity index (χ4n) is 1.60. The second-order valence-corrected chi connectivity index (χ2v) is 4.98. The molecule has 0 amide bonds. The van der Waals surface area contributed by atoms with E-state index in [9.17, 15) is 5.11 Å². The van der Waals surface area contributed by atoms with Gasteiger partial charge in [0.05, 0.1) is 0 Å². The third-order valence-electron chi connectivity index (χ3n) is 2.69. The Labute approximate surface area is 111 Å². The summed E-state index contributed by atoms with van der Waals surface area (Å²) in [6, 6.07) is 0. The summed E-state index contributed by atoms with van der Waals surface area (Å²) in [6.45, 7) is 7.45. The predicted molar refractivity (Wildman–Crippen MR) is 74.1 cm³/mol. The minimum Gasteiger partial charge on any atom is -0.370 e. The van der Waals surface area contributed by atoms with Crippen LogP contribution >= 0.6 is 22.6 Å². The van der Waals surface area contributed by atoms with Crippen LogP contribution in [-0.4, -0.2) is 36.5 Å². The van der Waals surface area contributed by atoms with Crippen molar-refractivity contribution in [3.8, 4) is 0 Å². The van der Waals surface area contributed by atoms with Gasteiger partial charge in [0, 0.05) is 35.4 Å². The third kappa shape index (κ3) is 3.33. The van der Waals surface area contributed by atoms with Gasteiger partial charge in [0.1, 0.15) is 0 Å². The van der Waals surface area contributed by atoms with Crippen LogP contribution in [0.25, 0.3) is 0 Å². The zero-order valence-corrected chi connectivity index (χ0v) is 11.8. The second kappa shape index (κ2) is 6.42. The van der Waals surface area contributed by atoms with Gasteiger partial charge in [0.15, 0.2) is 6.29 Å². The van der Waals surface area contributed by atoms with E-state index in [1.165, 1.54) is 10.7 Å². The molecule has 1 fully saturated rings. The quantitative estimate of drug-likeness (QED) is 0.475. The molecule has 0 aromatic carbocycles. The lowest BCUT2D eigenvalue weighted by atomic mass is 9.98. The molecule has 0 unspecified atom stereocenters. The van der Waals surface area contributed by atoms with Crippen molar-refractivity contribution in [2.75, 3.05) is 20.2 Å². The summed E-state index contributed by atoms with van der Waals surface area (Å²) in [5, 5.41) is 9.47. The molecule has 0 radical (unpaired) electrons. The molecule has 1 atom stereocenters. The molecule has 0 saturated carbocycles. The summed E-state index contributed by atoms with van der Waals surface area (Å²) in [6.07, 6.45) is 5.33. The molecule has 0 bridgehead atoms. The van der Waals surface area contributed by atoms with E-state index in [-0.39, 0.29) is 5.92 Å². The van der Waals surface area contributed by atoms with Crippen LogP contribution in [0.3, 0.4) is 0 Å². The van der Waals surface area contributed by atoms with Gasteiger partial charge in [0.25, 0.3) is 0 Å². The second-order valence-electron chi connectivity index (χ2n) is 3.74. The van der Waals surface area contributed by atoms with Crippen LogP contribution in [-0.2, 0) is 4.74 Å². The fraction of sp³-hybridized carbons (Fsp3) is 0.500. The average Bonchev–Trinajstić information content (AvgIpc) is 2.24. The molecule has 1 aliphatic rings. The molecule has 0 aromatic heterocycles. The van der Waals surface area contributed by atoms with Crippen LogP contribution in [0.1, 0.15) is 6.92 Å². The highest BCUT2D eigenvalue weighted by molar-refractivity contribution is 14.1. The molecule has 1 rings (SSSR count). The predicted octanol–water partition coefficient (Wildman–Crippen LogP) is 2.29. The van der Waals surface area contributed by atoms with Gasteiger partial charge in [0.2, 0.25) is 0 Å². The SMILES string of the molecule is C=C/C(=C\C(I)=C/C)N1CC([C@H](O)OC)C1. The largest absolute Gasteiger partial charge is 0.370 e. The van der Waals surface area contributed by atoms with Gasteiger partial charge in [-0.15, -0.1) is 0 Å². The van der Waals surface area contributed by atoms with E-state index < -0.39 is 6.29 Å². The van der Waals surface area contributed by atoms with Crippen LogP contribution in [0.4, 0.5) is 0 Å². The van der Waals surface area contributed by atoms with Crippen molar-refractivity contribution in [2.24, 2.45) is 5.92 Å². The summed E-state index contributed by atoms with van der Waals surface area (Å²) in [7, 11) is 1.53. The van der Waals surface area contributed by atoms with E-state index in [0.717, 1.165) is 18.8 Å². The number of halogens is 1. The Morgan fingerprint density at radius 2 is 2.25 bits per heavy atom. The number of rotatable bonds is 5. The van der Waals surface area contributed by atoms with Gasteiger partial charge >= 0.3 is 0 Å². The number of likely N-dealkylation sites (tertiary alicyclic amines) is 1. The Hall–Kier alpha value is -0.330. The molecule has 1 aliphatic heterocycles. The molecule has 4 heteroatoms. The fourth-order valence-corrected chi connectivity index (χ4v) is 1.92. The zero-order valence-electron chi connectivity index (χ0n) is 9.69. The van der Waals surface area contributed by atoms with Crippen molar-refractivity contribution in [3.05, 3.63) is 34.1 Å². The van der Waals surface area contributed by atoms with E-state index >= 15 is 0 Å². The Balaban J connectivity index is 2.55. The number of methoxy groups -OCH3 is 1. The first-order valence-electron chi connectivity index (χ1n) is 5.24. The van der Waals surface area contributed by atoms with Crippen LogP contribution in [0.2, 0.25) is 0 Å². The number of nitrogens with zero attached hydrogens (tertiary/aromatic N) is 1.